The molecule has 1 atom stereocenters. The van der Waals surface area contributed by atoms with Gasteiger partial charge >= 0.3 is 6.18 Å². The van der Waals surface area contributed by atoms with Crippen molar-refractivity contribution < 1.29 is 17.9 Å². The highest BCUT2D eigenvalue weighted by Gasteiger charge is 2.38. The van der Waals surface area contributed by atoms with Crippen molar-refractivity contribution in [1.82, 2.24) is 4.90 Å². The lowest BCUT2D eigenvalue weighted by Gasteiger charge is -2.41. The van der Waals surface area contributed by atoms with Gasteiger partial charge in [0.2, 0.25) is 0 Å². The summed E-state index contributed by atoms with van der Waals surface area (Å²) >= 11 is 0. The molecule has 2 N–H and O–H groups in total. The highest BCUT2D eigenvalue weighted by molar-refractivity contribution is 4.87. The predicted molar refractivity (Wildman–Crippen MR) is 64.3 cm³/mol. The summed E-state index contributed by atoms with van der Waals surface area (Å²) < 4.78 is 43.0. The number of rotatable bonds is 5. The molecule has 0 aromatic rings. The Labute approximate surface area is 106 Å². The summed E-state index contributed by atoms with van der Waals surface area (Å²) in [5.41, 5.74) is 5.44. The molecular formula is C12H23F3N2O. The first-order valence-corrected chi connectivity index (χ1v) is 6.37. The van der Waals surface area contributed by atoms with E-state index in [1.54, 1.807) is 13.8 Å². The van der Waals surface area contributed by atoms with Crippen molar-refractivity contribution in [2.75, 3.05) is 32.8 Å². The van der Waals surface area contributed by atoms with Crippen LogP contribution in [-0.2, 0) is 4.74 Å². The number of nitrogens with zero attached hydrogens (tertiary/aromatic N) is 1. The Morgan fingerprint density at radius 1 is 1.39 bits per heavy atom. The van der Waals surface area contributed by atoms with Crippen LogP contribution in [0.25, 0.3) is 0 Å². The molecule has 1 unspecified atom stereocenters. The standard InChI is InChI=1S/C12H23F3N2O/c1-10(2)17(8-12(13,14)15)7-11(6-16)4-3-5-18-9-11/h10H,3-9,16H2,1-2H3. The predicted octanol–water partition coefficient (Wildman–Crippen LogP) is 2.01. The van der Waals surface area contributed by atoms with Crippen molar-refractivity contribution in [2.24, 2.45) is 11.1 Å². The molecule has 1 aliphatic rings. The number of nitrogens with two attached hydrogens (primary N) is 1. The van der Waals surface area contributed by atoms with Crippen LogP contribution in [0.3, 0.4) is 0 Å². The van der Waals surface area contributed by atoms with Gasteiger partial charge in [-0.2, -0.15) is 13.2 Å². The third kappa shape index (κ3) is 4.74. The topological polar surface area (TPSA) is 38.5 Å². The van der Waals surface area contributed by atoms with Gasteiger partial charge in [0.1, 0.15) is 0 Å². The fraction of sp³-hybridized carbons (Fsp3) is 1.00. The average molecular weight is 268 g/mol. The number of hydrogen-bond donors (Lipinski definition) is 1. The van der Waals surface area contributed by atoms with Crippen LogP contribution in [0, 0.1) is 5.41 Å². The minimum atomic E-state index is -4.17. The van der Waals surface area contributed by atoms with E-state index in [1.165, 1.54) is 4.90 Å². The number of ether oxygens (including phenoxy) is 1. The van der Waals surface area contributed by atoms with E-state index in [0.717, 1.165) is 12.8 Å². The van der Waals surface area contributed by atoms with E-state index in [4.69, 9.17) is 10.5 Å². The molecular weight excluding hydrogens is 245 g/mol. The van der Waals surface area contributed by atoms with Crippen LogP contribution in [0.5, 0.6) is 0 Å². The Morgan fingerprint density at radius 2 is 2.06 bits per heavy atom. The zero-order valence-corrected chi connectivity index (χ0v) is 11.1. The number of halogens is 3. The van der Waals surface area contributed by atoms with E-state index in [-0.39, 0.29) is 11.5 Å². The number of alkyl halides is 3. The van der Waals surface area contributed by atoms with Crippen molar-refractivity contribution in [3.8, 4) is 0 Å². The third-order valence-corrected chi connectivity index (χ3v) is 3.49. The highest BCUT2D eigenvalue weighted by atomic mass is 19.4. The Hall–Kier alpha value is -0.330. The summed E-state index contributed by atoms with van der Waals surface area (Å²) in [6, 6.07) is -0.156. The average Bonchev–Trinajstić information content (AvgIpc) is 2.27. The summed E-state index contributed by atoms with van der Waals surface area (Å²) in [4.78, 5) is 1.45. The minimum absolute atomic E-state index is 0.156. The van der Waals surface area contributed by atoms with Gasteiger partial charge in [-0.1, -0.05) is 0 Å². The summed E-state index contributed by atoms with van der Waals surface area (Å²) in [6.07, 6.45) is -2.46. The molecule has 6 heteroatoms. The maximum atomic E-state index is 12.5. The van der Waals surface area contributed by atoms with Crippen molar-refractivity contribution in [2.45, 2.75) is 38.9 Å². The molecule has 3 nitrogen and oxygen atoms in total. The summed E-state index contributed by atoms with van der Waals surface area (Å²) in [5, 5.41) is 0. The van der Waals surface area contributed by atoms with Crippen molar-refractivity contribution in [1.29, 1.82) is 0 Å². The molecule has 0 radical (unpaired) electrons. The second-order valence-electron chi connectivity index (χ2n) is 5.47. The Balaban J connectivity index is 2.68. The van der Waals surface area contributed by atoms with Gasteiger partial charge in [-0.15, -0.1) is 0 Å². The summed E-state index contributed by atoms with van der Waals surface area (Å²) in [5.74, 6) is 0. The molecule has 1 heterocycles. The lowest BCUT2D eigenvalue weighted by atomic mass is 9.81. The Morgan fingerprint density at radius 3 is 2.44 bits per heavy atom. The first-order valence-electron chi connectivity index (χ1n) is 6.37. The van der Waals surface area contributed by atoms with Crippen LogP contribution in [0.4, 0.5) is 13.2 Å². The molecule has 0 aromatic carbocycles. The van der Waals surface area contributed by atoms with Crippen LogP contribution >= 0.6 is 0 Å². The SMILES string of the molecule is CC(C)N(CC(F)(F)F)CC1(CN)CCCOC1. The van der Waals surface area contributed by atoms with Crippen LogP contribution < -0.4 is 5.73 Å². The van der Waals surface area contributed by atoms with Crippen LogP contribution in [-0.4, -0.2) is 50.0 Å². The molecule has 0 saturated carbocycles. The quantitative estimate of drug-likeness (QED) is 0.829. The van der Waals surface area contributed by atoms with Gasteiger partial charge in [0, 0.05) is 31.2 Å². The maximum Gasteiger partial charge on any atom is 0.401 e. The molecule has 0 amide bonds. The van der Waals surface area contributed by atoms with E-state index in [0.29, 0.717) is 26.3 Å². The number of hydrogen-bond acceptors (Lipinski definition) is 3. The first-order chi connectivity index (χ1) is 8.28. The Bertz CT molecular complexity index is 250. The molecule has 108 valence electrons. The normalized spacial score (nSPS) is 26.0. The van der Waals surface area contributed by atoms with Crippen LogP contribution in [0.2, 0.25) is 0 Å². The summed E-state index contributed by atoms with van der Waals surface area (Å²) in [7, 11) is 0. The highest BCUT2D eigenvalue weighted by Crippen LogP contribution is 2.30. The van der Waals surface area contributed by atoms with Crippen molar-refractivity contribution in [3.63, 3.8) is 0 Å². The van der Waals surface area contributed by atoms with Crippen molar-refractivity contribution in [3.05, 3.63) is 0 Å². The third-order valence-electron chi connectivity index (χ3n) is 3.49. The van der Waals surface area contributed by atoms with E-state index in [1.807, 2.05) is 0 Å². The molecule has 1 aliphatic heterocycles. The molecule has 0 aliphatic carbocycles. The fourth-order valence-electron chi connectivity index (χ4n) is 2.34. The minimum Gasteiger partial charge on any atom is -0.381 e. The van der Waals surface area contributed by atoms with Gasteiger partial charge in [-0.05, 0) is 26.7 Å². The fourth-order valence-corrected chi connectivity index (χ4v) is 2.34. The maximum absolute atomic E-state index is 12.5. The van der Waals surface area contributed by atoms with E-state index in [9.17, 15) is 13.2 Å². The lowest BCUT2D eigenvalue weighted by Crippen LogP contribution is -2.51. The first kappa shape index (κ1) is 15.7. The van der Waals surface area contributed by atoms with Gasteiger partial charge < -0.3 is 10.5 Å². The lowest BCUT2D eigenvalue weighted by molar-refractivity contribution is -0.156. The molecule has 18 heavy (non-hydrogen) atoms. The molecule has 0 aromatic heterocycles. The van der Waals surface area contributed by atoms with Gasteiger partial charge in [0.25, 0.3) is 0 Å². The molecule has 1 saturated heterocycles. The molecule has 0 spiro atoms. The van der Waals surface area contributed by atoms with Crippen molar-refractivity contribution >= 4 is 0 Å². The van der Waals surface area contributed by atoms with Gasteiger partial charge in [-0.3, -0.25) is 4.90 Å². The second kappa shape index (κ2) is 6.21. The largest absolute Gasteiger partial charge is 0.401 e. The molecule has 1 rings (SSSR count). The van der Waals surface area contributed by atoms with Crippen LogP contribution in [0.15, 0.2) is 0 Å². The zero-order valence-electron chi connectivity index (χ0n) is 11.1. The monoisotopic (exact) mass is 268 g/mol. The Kier molecular flexibility index (Phi) is 5.43. The van der Waals surface area contributed by atoms with Gasteiger partial charge in [-0.25, -0.2) is 0 Å². The van der Waals surface area contributed by atoms with Crippen LogP contribution in [0.1, 0.15) is 26.7 Å². The van der Waals surface area contributed by atoms with E-state index < -0.39 is 12.7 Å². The molecule has 1 fully saturated rings. The van der Waals surface area contributed by atoms with E-state index in [2.05, 4.69) is 0 Å². The molecule has 0 bridgehead atoms. The second-order valence-corrected chi connectivity index (χ2v) is 5.47. The van der Waals surface area contributed by atoms with E-state index >= 15 is 0 Å². The zero-order chi connectivity index (χ0) is 13.8. The van der Waals surface area contributed by atoms with Gasteiger partial charge in [0.05, 0.1) is 13.2 Å². The van der Waals surface area contributed by atoms with Gasteiger partial charge in [0.15, 0.2) is 0 Å². The summed E-state index contributed by atoms with van der Waals surface area (Å²) in [6.45, 7) is 4.54. The smallest absolute Gasteiger partial charge is 0.381 e.